The summed E-state index contributed by atoms with van der Waals surface area (Å²) in [6.07, 6.45) is -4.56. The molecule has 2 aromatic rings. The Morgan fingerprint density at radius 3 is 2.57 bits per heavy atom. The van der Waals surface area contributed by atoms with Crippen molar-refractivity contribution >= 4 is 0 Å². The van der Waals surface area contributed by atoms with Gasteiger partial charge in [-0.3, -0.25) is 0 Å². The fourth-order valence-electron chi connectivity index (χ4n) is 1.59. The Morgan fingerprint density at radius 1 is 1.24 bits per heavy atom. The average molecular weight is 303 g/mol. The number of nitrogens with zero attached hydrogens (tertiary/aromatic N) is 2. The first kappa shape index (κ1) is 15.4. The number of aromatic nitrogens is 2. The van der Waals surface area contributed by atoms with Crippen LogP contribution in [0.5, 0.6) is 0 Å². The maximum absolute atomic E-state index is 13.7. The second-order valence-corrected chi connectivity index (χ2v) is 4.73. The number of rotatable bonds is 4. The summed E-state index contributed by atoms with van der Waals surface area (Å²) >= 11 is 0. The lowest BCUT2D eigenvalue weighted by molar-refractivity contribution is -0.137. The molecule has 2 rings (SSSR count). The fraction of sp³-hybridized carbons (Fsp3) is 0.385. The van der Waals surface area contributed by atoms with Gasteiger partial charge in [0.2, 0.25) is 5.89 Å². The highest BCUT2D eigenvalue weighted by Gasteiger charge is 2.31. The van der Waals surface area contributed by atoms with E-state index in [2.05, 4.69) is 15.5 Å². The van der Waals surface area contributed by atoms with Gasteiger partial charge in [-0.05, 0) is 18.2 Å². The van der Waals surface area contributed by atoms with Gasteiger partial charge in [-0.15, -0.1) is 10.2 Å². The predicted octanol–water partition coefficient (Wildman–Crippen LogP) is 3.39. The number of halogens is 4. The van der Waals surface area contributed by atoms with E-state index in [1.165, 1.54) is 0 Å². The highest BCUT2D eigenvalue weighted by atomic mass is 19.4. The second-order valence-electron chi connectivity index (χ2n) is 4.73. The van der Waals surface area contributed by atoms with Gasteiger partial charge >= 0.3 is 6.18 Å². The van der Waals surface area contributed by atoms with Gasteiger partial charge in [0, 0.05) is 6.04 Å². The molecule has 0 atom stereocenters. The molecule has 8 heteroatoms. The van der Waals surface area contributed by atoms with Crippen LogP contribution in [-0.2, 0) is 12.7 Å². The van der Waals surface area contributed by atoms with Crippen molar-refractivity contribution in [1.82, 2.24) is 15.5 Å². The van der Waals surface area contributed by atoms with Crippen LogP contribution in [0.2, 0.25) is 0 Å². The zero-order chi connectivity index (χ0) is 15.6. The standard InChI is InChI=1S/C13H13F4N3O/c1-7(2)18-6-11-19-20-12(21-11)9-5-8(13(15,16)17)3-4-10(9)14/h3-5,7,18H,6H2,1-2H3. The summed E-state index contributed by atoms with van der Waals surface area (Å²) in [7, 11) is 0. The largest absolute Gasteiger partial charge is 0.419 e. The minimum atomic E-state index is -4.56. The van der Waals surface area contributed by atoms with E-state index in [0.717, 1.165) is 6.07 Å². The summed E-state index contributed by atoms with van der Waals surface area (Å²) in [5.74, 6) is -0.954. The van der Waals surface area contributed by atoms with Gasteiger partial charge in [-0.1, -0.05) is 13.8 Å². The molecule has 0 aliphatic rings. The third kappa shape index (κ3) is 3.78. The van der Waals surface area contributed by atoms with E-state index in [9.17, 15) is 17.6 Å². The molecule has 4 nitrogen and oxygen atoms in total. The molecule has 1 N–H and O–H groups in total. The van der Waals surface area contributed by atoms with Crippen molar-refractivity contribution in [2.75, 3.05) is 0 Å². The Bertz CT molecular complexity index is 622. The molecule has 0 saturated carbocycles. The monoisotopic (exact) mass is 303 g/mol. The number of alkyl halides is 3. The number of nitrogens with one attached hydrogen (secondary N) is 1. The number of hydrogen-bond acceptors (Lipinski definition) is 4. The first-order valence-corrected chi connectivity index (χ1v) is 6.20. The third-order valence-electron chi connectivity index (χ3n) is 2.65. The lowest BCUT2D eigenvalue weighted by Crippen LogP contribution is -2.21. The number of benzene rings is 1. The molecule has 0 aliphatic carbocycles. The molecule has 0 fully saturated rings. The third-order valence-corrected chi connectivity index (χ3v) is 2.65. The highest BCUT2D eigenvalue weighted by Crippen LogP contribution is 2.33. The summed E-state index contributed by atoms with van der Waals surface area (Å²) in [6, 6.07) is 2.22. The van der Waals surface area contributed by atoms with Crippen LogP contribution in [0.25, 0.3) is 11.5 Å². The van der Waals surface area contributed by atoms with Gasteiger partial charge in [0.1, 0.15) is 5.82 Å². The molecule has 1 aromatic heterocycles. The van der Waals surface area contributed by atoms with Crippen molar-refractivity contribution in [3.05, 3.63) is 35.5 Å². The Balaban J connectivity index is 2.29. The second kappa shape index (κ2) is 5.80. The van der Waals surface area contributed by atoms with E-state index in [-0.39, 0.29) is 29.9 Å². The van der Waals surface area contributed by atoms with E-state index < -0.39 is 17.6 Å². The summed E-state index contributed by atoms with van der Waals surface area (Å²) in [4.78, 5) is 0. The minimum Gasteiger partial charge on any atom is -0.419 e. The van der Waals surface area contributed by atoms with Gasteiger partial charge in [0.25, 0.3) is 5.89 Å². The summed E-state index contributed by atoms with van der Waals surface area (Å²) in [5, 5.41) is 10.3. The van der Waals surface area contributed by atoms with Crippen LogP contribution in [-0.4, -0.2) is 16.2 Å². The predicted molar refractivity (Wildman–Crippen MR) is 66.7 cm³/mol. The summed E-state index contributed by atoms with van der Waals surface area (Å²) in [5.41, 5.74) is -1.34. The maximum Gasteiger partial charge on any atom is 0.416 e. The van der Waals surface area contributed by atoms with Crippen LogP contribution in [0.1, 0.15) is 25.3 Å². The van der Waals surface area contributed by atoms with Crippen molar-refractivity contribution in [1.29, 1.82) is 0 Å². The van der Waals surface area contributed by atoms with E-state index >= 15 is 0 Å². The van der Waals surface area contributed by atoms with Crippen molar-refractivity contribution < 1.29 is 22.0 Å². The van der Waals surface area contributed by atoms with E-state index in [1.807, 2.05) is 13.8 Å². The molecule has 0 aliphatic heterocycles. The molecule has 0 unspecified atom stereocenters. The van der Waals surface area contributed by atoms with Crippen LogP contribution < -0.4 is 5.32 Å². The molecule has 21 heavy (non-hydrogen) atoms. The van der Waals surface area contributed by atoms with Crippen molar-refractivity contribution in [3.63, 3.8) is 0 Å². The zero-order valence-electron chi connectivity index (χ0n) is 11.3. The lowest BCUT2D eigenvalue weighted by Gasteiger charge is -2.07. The summed E-state index contributed by atoms with van der Waals surface area (Å²) in [6.45, 7) is 4.07. The van der Waals surface area contributed by atoms with Crippen LogP contribution in [0.4, 0.5) is 17.6 Å². The Kier molecular flexibility index (Phi) is 4.26. The van der Waals surface area contributed by atoms with Crippen molar-refractivity contribution in [3.8, 4) is 11.5 Å². The van der Waals surface area contributed by atoms with Crippen molar-refractivity contribution in [2.24, 2.45) is 0 Å². The first-order chi connectivity index (χ1) is 9.77. The van der Waals surface area contributed by atoms with Gasteiger partial charge in [0.05, 0.1) is 17.7 Å². The van der Waals surface area contributed by atoms with E-state index in [1.54, 1.807) is 0 Å². The molecule has 0 saturated heterocycles. The summed E-state index contributed by atoms with van der Waals surface area (Å²) < 4.78 is 56.7. The Hall–Kier alpha value is -1.96. The molecule has 0 spiro atoms. The lowest BCUT2D eigenvalue weighted by atomic mass is 10.1. The zero-order valence-corrected chi connectivity index (χ0v) is 11.3. The number of hydrogen-bond donors (Lipinski definition) is 1. The topological polar surface area (TPSA) is 51.0 Å². The van der Waals surface area contributed by atoms with Gasteiger partial charge in [-0.2, -0.15) is 13.2 Å². The van der Waals surface area contributed by atoms with Crippen molar-refractivity contribution in [2.45, 2.75) is 32.6 Å². The normalized spacial score (nSPS) is 12.1. The molecule has 0 amide bonds. The minimum absolute atomic E-state index is 0.172. The average Bonchev–Trinajstić information content (AvgIpc) is 2.84. The van der Waals surface area contributed by atoms with Gasteiger partial charge < -0.3 is 9.73 Å². The van der Waals surface area contributed by atoms with E-state index in [0.29, 0.717) is 12.1 Å². The van der Waals surface area contributed by atoms with Gasteiger partial charge in [0.15, 0.2) is 0 Å². The van der Waals surface area contributed by atoms with Crippen LogP contribution in [0.15, 0.2) is 22.6 Å². The highest BCUT2D eigenvalue weighted by molar-refractivity contribution is 5.55. The maximum atomic E-state index is 13.7. The molecule has 0 radical (unpaired) electrons. The SMILES string of the molecule is CC(C)NCc1nnc(-c2cc(C(F)(F)F)ccc2F)o1. The Morgan fingerprint density at radius 2 is 1.95 bits per heavy atom. The molecular weight excluding hydrogens is 290 g/mol. The van der Waals surface area contributed by atoms with Crippen LogP contribution >= 0.6 is 0 Å². The molecule has 1 aromatic carbocycles. The first-order valence-electron chi connectivity index (χ1n) is 6.20. The quantitative estimate of drug-likeness (QED) is 0.880. The van der Waals surface area contributed by atoms with Crippen LogP contribution in [0, 0.1) is 5.82 Å². The molecule has 1 heterocycles. The molecule has 0 bridgehead atoms. The smallest absolute Gasteiger partial charge is 0.416 e. The molecule has 114 valence electrons. The molecular formula is C13H13F4N3O. The Labute approximate surface area is 118 Å². The van der Waals surface area contributed by atoms with E-state index in [4.69, 9.17) is 4.42 Å². The van der Waals surface area contributed by atoms with Gasteiger partial charge in [-0.25, -0.2) is 4.39 Å². The fourth-order valence-corrected chi connectivity index (χ4v) is 1.59. The van der Waals surface area contributed by atoms with Crippen LogP contribution in [0.3, 0.4) is 0 Å².